The van der Waals surface area contributed by atoms with Gasteiger partial charge in [-0.3, -0.25) is 4.79 Å². The normalized spacial score (nSPS) is 19.3. The molecule has 158 valence electrons. The molecule has 2 atom stereocenters. The summed E-state index contributed by atoms with van der Waals surface area (Å²) in [6, 6.07) is 10.1. The molecule has 2 aliphatic heterocycles. The molecule has 4 rings (SSSR count). The summed E-state index contributed by atoms with van der Waals surface area (Å²) in [5.41, 5.74) is 2.26. The summed E-state index contributed by atoms with van der Waals surface area (Å²) in [6.45, 7) is 0.553. The van der Waals surface area contributed by atoms with Crippen molar-refractivity contribution in [2.45, 2.75) is 18.5 Å². The maximum Gasteiger partial charge on any atom is 0.319 e. The molecule has 0 saturated carbocycles. The third-order valence-corrected chi connectivity index (χ3v) is 5.33. The van der Waals surface area contributed by atoms with E-state index in [-0.39, 0.29) is 24.0 Å². The minimum atomic E-state index is -0.372. The highest BCUT2D eigenvalue weighted by atomic mass is 16.5. The fourth-order valence-electron chi connectivity index (χ4n) is 4.01. The summed E-state index contributed by atoms with van der Waals surface area (Å²) in [4.78, 5) is 27.1. The number of ether oxygens (including phenoxy) is 3. The van der Waals surface area contributed by atoms with Gasteiger partial charge in [-0.2, -0.15) is 0 Å². The lowest BCUT2D eigenvalue weighted by Gasteiger charge is -2.32. The van der Waals surface area contributed by atoms with Gasteiger partial charge in [0.15, 0.2) is 11.5 Å². The number of hydrogen-bond acceptors (Lipinski definition) is 6. The van der Waals surface area contributed by atoms with Gasteiger partial charge in [-0.25, -0.2) is 4.79 Å². The van der Waals surface area contributed by atoms with E-state index in [9.17, 15) is 9.59 Å². The average molecular weight is 412 g/mol. The summed E-state index contributed by atoms with van der Waals surface area (Å²) in [5.74, 6) is 1.28. The molecule has 9 nitrogen and oxygen atoms in total. The molecule has 2 aromatic carbocycles. The van der Waals surface area contributed by atoms with Crippen molar-refractivity contribution in [3.8, 4) is 17.2 Å². The minimum absolute atomic E-state index is 0.0527. The topological polar surface area (TPSA) is 101 Å². The van der Waals surface area contributed by atoms with Gasteiger partial charge in [0.2, 0.25) is 11.7 Å². The molecule has 2 heterocycles. The molecule has 30 heavy (non-hydrogen) atoms. The largest absolute Gasteiger partial charge is 0.493 e. The van der Waals surface area contributed by atoms with E-state index in [2.05, 4.69) is 16.0 Å². The van der Waals surface area contributed by atoms with E-state index in [0.717, 1.165) is 11.4 Å². The van der Waals surface area contributed by atoms with Crippen LogP contribution < -0.4 is 35.1 Å². The number of carbonyl (C=O) groups excluding carboxylic acids is 2. The molecule has 2 unspecified atom stereocenters. The fourth-order valence-corrected chi connectivity index (χ4v) is 4.01. The first-order valence-corrected chi connectivity index (χ1v) is 9.58. The number of methoxy groups -OCH3 is 3. The van der Waals surface area contributed by atoms with E-state index in [1.807, 2.05) is 29.2 Å². The van der Waals surface area contributed by atoms with Crippen molar-refractivity contribution < 1.29 is 23.8 Å². The van der Waals surface area contributed by atoms with Gasteiger partial charge in [0.05, 0.1) is 44.4 Å². The summed E-state index contributed by atoms with van der Waals surface area (Å²) < 4.78 is 15.9. The Bertz CT molecular complexity index is 955. The number of hydrogen-bond donors (Lipinski definition) is 3. The highest BCUT2D eigenvalue weighted by Crippen LogP contribution is 2.40. The first kappa shape index (κ1) is 19.7. The van der Waals surface area contributed by atoms with Crippen LogP contribution in [0.15, 0.2) is 36.4 Å². The molecule has 0 aromatic heterocycles. The highest BCUT2D eigenvalue weighted by Gasteiger charge is 2.41. The molecule has 0 bridgehead atoms. The van der Waals surface area contributed by atoms with Crippen LogP contribution in [0.4, 0.5) is 21.9 Å². The minimum Gasteiger partial charge on any atom is -0.493 e. The van der Waals surface area contributed by atoms with Crippen LogP contribution >= 0.6 is 0 Å². The standard InChI is InChI=1S/C21H24N4O5/c1-28-17-9-12(10-18(29-2)19(17)30-3)22-21(27)23-13-8-16-20(26)24-14-6-4-5-7-15(14)25(16)11-13/h4-7,9-10,13,16H,8,11H2,1-3H3,(H,24,26)(H2,22,23,27). The summed E-state index contributed by atoms with van der Waals surface area (Å²) in [5, 5.41) is 8.68. The van der Waals surface area contributed by atoms with Crippen LogP contribution in [0.2, 0.25) is 0 Å². The van der Waals surface area contributed by atoms with Gasteiger partial charge in [-0.15, -0.1) is 0 Å². The van der Waals surface area contributed by atoms with Gasteiger partial charge in [0.1, 0.15) is 6.04 Å². The number of para-hydroxylation sites is 2. The number of amides is 3. The number of urea groups is 1. The molecule has 2 aromatic rings. The molecule has 9 heteroatoms. The quantitative estimate of drug-likeness (QED) is 0.697. The van der Waals surface area contributed by atoms with Crippen molar-refractivity contribution in [1.29, 1.82) is 0 Å². The van der Waals surface area contributed by atoms with Gasteiger partial charge in [0, 0.05) is 18.7 Å². The third kappa shape index (κ3) is 3.54. The average Bonchev–Trinajstić information content (AvgIpc) is 3.17. The SMILES string of the molecule is COc1cc(NC(=O)NC2CC3C(=O)Nc4ccccc4N3C2)cc(OC)c1OC. The number of rotatable bonds is 5. The van der Waals surface area contributed by atoms with Crippen molar-refractivity contribution in [2.75, 3.05) is 43.4 Å². The van der Waals surface area contributed by atoms with Gasteiger partial charge >= 0.3 is 6.03 Å². The third-order valence-electron chi connectivity index (χ3n) is 5.33. The lowest BCUT2D eigenvalue weighted by Crippen LogP contribution is -2.44. The van der Waals surface area contributed by atoms with Crippen LogP contribution in [0.3, 0.4) is 0 Å². The molecule has 0 aliphatic carbocycles. The first-order valence-electron chi connectivity index (χ1n) is 9.58. The zero-order valence-electron chi connectivity index (χ0n) is 17.0. The Kier molecular flexibility index (Phi) is 5.26. The zero-order chi connectivity index (χ0) is 21.3. The molecule has 1 fully saturated rings. The molecule has 2 aliphatic rings. The molecule has 3 amide bonds. The Morgan fingerprint density at radius 2 is 1.80 bits per heavy atom. The van der Waals surface area contributed by atoms with Crippen LogP contribution in [0.25, 0.3) is 0 Å². The fraction of sp³-hybridized carbons (Fsp3) is 0.333. The van der Waals surface area contributed by atoms with Gasteiger partial charge in [-0.1, -0.05) is 12.1 Å². The number of anilines is 3. The molecule has 0 spiro atoms. The number of carbonyl (C=O) groups is 2. The molecule has 3 N–H and O–H groups in total. The highest BCUT2D eigenvalue weighted by molar-refractivity contribution is 6.04. The van der Waals surface area contributed by atoms with Gasteiger partial charge in [0.25, 0.3) is 0 Å². The van der Waals surface area contributed by atoms with Gasteiger partial charge in [-0.05, 0) is 18.6 Å². The van der Waals surface area contributed by atoms with Crippen LogP contribution in [-0.4, -0.2) is 51.9 Å². The predicted molar refractivity (Wildman–Crippen MR) is 113 cm³/mol. The monoisotopic (exact) mass is 412 g/mol. The molecule has 0 radical (unpaired) electrons. The van der Waals surface area contributed by atoms with Crippen LogP contribution in [-0.2, 0) is 4.79 Å². The number of fused-ring (bicyclic) bond motifs is 3. The van der Waals surface area contributed by atoms with E-state index in [4.69, 9.17) is 14.2 Å². The lowest BCUT2D eigenvalue weighted by molar-refractivity contribution is -0.117. The van der Waals surface area contributed by atoms with E-state index < -0.39 is 0 Å². The summed E-state index contributed by atoms with van der Waals surface area (Å²) in [6.07, 6.45) is 0.531. The van der Waals surface area contributed by atoms with Crippen molar-refractivity contribution in [1.82, 2.24) is 5.32 Å². The second-order valence-corrected chi connectivity index (χ2v) is 7.12. The maximum atomic E-state index is 12.6. The molecular weight excluding hydrogens is 388 g/mol. The summed E-state index contributed by atoms with van der Waals surface area (Å²) >= 11 is 0. The van der Waals surface area contributed by atoms with Crippen LogP contribution in [0, 0.1) is 0 Å². The van der Waals surface area contributed by atoms with Crippen LogP contribution in [0.1, 0.15) is 6.42 Å². The first-order chi connectivity index (χ1) is 14.5. The molecular formula is C21H24N4O5. The van der Waals surface area contributed by atoms with E-state index in [1.165, 1.54) is 21.3 Å². The lowest BCUT2D eigenvalue weighted by atomic mass is 10.1. The van der Waals surface area contributed by atoms with E-state index in [1.54, 1.807) is 12.1 Å². The van der Waals surface area contributed by atoms with E-state index in [0.29, 0.717) is 35.9 Å². The smallest absolute Gasteiger partial charge is 0.319 e. The maximum absolute atomic E-state index is 12.6. The Balaban J connectivity index is 1.45. The Morgan fingerprint density at radius 1 is 1.10 bits per heavy atom. The zero-order valence-corrected chi connectivity index (χ0v) is 17.0. The van der Waals surface area contributed by atoms with Crippen LogP contribution in [0.5, 0.6) is 17.2 Å². The molecule has 1 saturated heterocycles. The van der Waals surface area contributed by atoms with Crippen molar-refractivity contribution in [3.05, 3.63) is 36.4 Å². The van der Waals surface area contributed by atoms with E-state index >= 15 is 0 Å². The number of nitrogens with one attached hydrogen (secondary N) is 3. The van der Waals surface area contributed by atoms with Crippen molar-refractivity contribution >= 4 is 29.0 Å². The second kappa shape index (κ2) is 8.02. The predicted octanol–water partition coefficient (Wildman–Crippen LogP) is 2.43. The Hall–Kier alpha value is -3.62. The van der Waals surface area contributed by atoms with Crippen molar-refractivity contribution in [2.24, 2.45) is 0 Å². The second-order valence-electron chi connectivity index (χ2n) is 7.12. The van der Waals surface area contributed by atoms with Gasteiger partial charge < -0.3 is 35.1 Å². The Labute approximate surface area is 174 Å². The number of benzene rings is 2. The number of nitrogens with zero attached hydrogens (tertiary/aromatic N) is 1. The summed E-state index contributed by atoms with van der Waals surface area (Å²) in [7, 11) is 4.54. The Morgan fingerprint density at radius 3 is 2.47 bits per heavy atom. The van der Waals surface area contributed by atoms with Crippen molar-refractivity contribution in [3.63, 3.8) is 0 Å².